The predicted molar refractivity (Wildman–Crippen MR) is 99.8 cm³/mol. The number of carbonyl (C=O) groups excluding carboxylic acids is 1. The van der Waals surface area contributed by atoms with E-state index in [1.807, 2.05) is 29.3 Å². The smallest absolute Gasteiger partial charge is 0.226 e. The first-order valence-electron chi connectivity index (χ1n) is 9.59. The lowest BCUT2D eigenvalue weighted by Gasteiger charge is -2.37. The molecule has 26 heavy (non-hydrogen) atoms. The number of aryl methyl sites for hydroxylation is 1. The summed E-state index contributed by atoms with van der Waals surface area (Å²) in [5, 5.41) is 4.63. The van der Waals surface area contributed by atoms with E-state index in [9.17, 15) is 4.79 Å². The van der Waals surface area contributed by atoms with E-state index in [2.05, 4.69) is 35.8 Å². The second kappa shape index (κ2) is 7.23. The SMILES string of the molecule is Cc1cnn([C@H]2CCOC2)c1C1CCN(Cc2ccccc2)C(=O)C1C. The fourth-order valence-electron chi connectivity index (χ4n) is 4.38. The number of rotatable bonds is 4. The number of hydrogen-bond acceptors (Lipinski definition) is 3. The third-order valence-electron chi connectivity index (χ3n) is 5.86. The van der Waals surface area contributed by atoms with Crippen molar-refractivity contribution in [2.75, 3.05) is 19.8 Å². The quantitative estimate of drug-likeness (QED) is 0.847. The van der Waals surface area contributed by atoms with Gasteiger partial charge in [-0.25, -0.2) is 0 Å². The summed E-state index contributed by atoms with van der Waals surface area (Å²) < 4.78 is 7.70. The van der Waals surface area contributed by atoms with E-state index in [4.69, 9.17) is 4.74 Å². The number of carbonyl (C=O) groups is 1. The molecule has 2 saturated heterocycles. The summed E-state index contributed by atoms with van der Waals surface area (Å²) in [4.78, 5) is 15.1. The number of hydrogen-bond donors (Lipinski definition) is 0. The van der Waals surface area contributed by atoms with Crippen LogP contribution in [0.2, 0.25) is 0 Å². The van der Waals surface area contributed by atoms with Gasteiger partial charge in [0.2, 0.25) is 5.91 Å². The molecule has 0 radical (unpaired) electrons. The maximum atomic E-state index is 13.1. The van der Waals surface area contributed by atoms with Gasteiger partial charge in [-0.1, -0.05) is 37.3 Å². The van der Waals surface area contributed by atoms with Gasteiger partial charge in [0, 0.05) is 37.2 Å². The first-order valence-corrected chi connectivity index (χ1v) is 9.59. The van der Waals surface area contributed by atoms with Crippen molar-refractivity contribution in [2.24, 2.45) is 5.92 Å². The Balaban J connectivity index is 1.53. The van der Waals surface area contributed by atoms with Crippen LogP contribution >= 0.6 is 0 Å². The van der Waals surface area contributed by atoms with Gasteiger partial charge in [-0.15, -0.1) is 0 Å². The van der Waals surface area contributed by atoms with Crippen LogP contribution in [-0.4, -0.2) is 40.3 Å². The highest BCUT2D eigenvalue weighted by molar-refractivity contribution is 5.80. The van der Waals surface area contributed by atoms with Crippen LogP contribution in [0.4, 0.5) is 0 Å². The van der Waals surface area contributed by atoms with Crippen molar-refractivity contribution in [2.45, 2.75) is 45.2 Å². The standard InChI is InChI=1S/C21H27N3O2/c1-15-12-22-24(18-9-11-26-14-18)20(15)19-8-10-23(21(25)16(19)2)13-17-6-4-3-5-7-17/h3-7,12,16,18-19H,8-11,13-14H2,1-2H3/t16?,18-,19?/m0/s1. The fraction of sp³-hybridized carbons (Fsp3) is 0.524. The highest BCUT2D eigenvalue weighted by atomic mass is 16.5. The van der Waals surface area contributed by atoms with Gasteiger partial charge in [-0.2, -0.15) is 5.10 Å². The summed E-state index contributed by atoms with van der Waals surface area (Å²) in [5.41, 5.74) is 3.62. The minimum atomic E-state index is -0.0241. The van der Waals surface area contributed by atoms with E-state index in [1.54, 1.807) is 0 Å². The van der Waals surface area contributed by atoms with Crippen molar-refractivity contribution in [1.29, 1.82) is 0 Å². The molecule has 5 nitrogen and oxygen atoms in total. The Kier molecular flexibility index (Phi) is 4.81. The average Bonchev–Trinajstić information content (AvgIpc) is 3.30. The Morgan fingerprint density at radius 2 is 2.04 bits per heavy atom. The van der Waals surface area contributed by atoms with Crippen LogP contribution in [0, 0.1) is 12.8 Å². The average molecular weight is 353 g/mol. The van der Waals surface area contributed by atoms with Gasteiger partial charge in [0.1, 0.15) is 0 Å². The molecule has 0 bridgehead atoms. The molecular formula is C21H27N3O2. The largest absolute Gasteiger partial charge is 0.379 e. The van der Waals surface area contributed by atoms with Crippen molar-refractivity contribution in [3.8, 4) is 0 Å². The Labute approximate surface area is 154 Å². The zero-order valence-corrected chi connectivity index (χ0v) is 15.6. The zero-order valence-electron chi connectivity index (χ0n) is 15.6. The third-order valence-corrected chi connectivity index (χ3v) is 5.86. The topological polar surface area (TPSA) is 47.4 Å². The molecule has 4 rings (SSSR count). The van der Waals surface area contributed by atoms with Crippen LogP contribution in [-0.2, 0) is 16.1 Å². The van der Waals surface area contributed by atoms with Gasteiger partial charge in [0.25, 0.3) is 0 Å². The van der Waals surface area contributed by atoms with E-state index in [0.717, 1.165) is 32.6 Å². The highest BCUT2D eigenvalue weighted by Crippen LogP contribution is 2.37. The Hall–Kier alpha value is -2.14. The van der Waals surface area contributed by atoms with Crippen molar-refractivity contribution in [3.05, 3.63) is 53.3 Å². The molecule has 2 unspecified atom stereocenters. The van der Waals surface area contributed by atoms with Gasteiger partial charge < -0.3 is 9.64 Å². The van der Waals surface area contributed by atoms with Crippen molar-refractivity contribution >= 4 is 5.91 Å². The molecule has 138 valence electrons. The van der Waals surface area contributed by atoms with Gasteiger partial charge >= 0.3 is 0 Å². The van der Waals surface area contributed by atoms with E-state index in [0.29, 0.717) is 12.6 Å². The Bertz CT molecular complexity index is 765. The number of nitrogens with zero attached hydrogens (tertiary/aromatic N) is 3. The molecular weight excluding hydrogens is 326 g/mol. The lowest BCUT2D eigenvalue weighted by molar-refractivity contribution is -0.139. The number of ether oxygens (including phenoxy) is 1. The molecule has 0 spiro atoms. The Morgan fingerprint density at radius 3 is 2.77 bits per heavy atom. The maximum absolute atomic E-state index is 13.1. The minimum absolute atomic E-state index is 0.0241. The normalized spacial score (nSPS) is 26.5. The van der Waals surface area contributed by atoms with Crippen LogP contribution in [0.3, 0.4) is 0 Å². The van der Waals surface area contributed by atoms with Crippen LogP contribution in [0.15, 0.2) is 36.5 Å². The Morgan fingerprint density at radius 1 is 1.23 bits per heavy atom. The molecule has 3 heterocycles. The summed E-state index contributed by atoms with van der Waals surface area (Å²) >= 11 is 0. The van der Waals surface area contributed by atoms with Crippen LogP contribution < -0.4 is 0 Å². The summed E-state index contributed by atoms with van der Waals surface area (Å²) in [6, 6.07) is 10.6. The van der Waals surface area contributed by atoms with Crippen molar-refractivity contribution < 1.29 is 9.53 Å². The third kappa shape index (κ3) is 3.16. The lowest BCUT2D eigenvalue weighted by Crippen LogP contribution is -2.43. The number of likely N-dealkylation sites (tertiary alicyclic amines) is 1. The molecule has 0 saturated carbocycles. The van der Waals surface area contributed by atoms with Gasteiger partial charge in [-0.05, 0) is 30.9 Å². The molecule has 2 aliphatic rings. The maximum Gasteiger partial charge on any atom is 0.226 e. The number of aromatic nitrogens is 2. The molecule has 5 heteroatoms. The van der Waals surface area contributed by atoms with Gasteiger partial charge in [0.05, 0.1) is 18.8 Å². The van der Waals surface area contributed by atoms with Crippen LogP contribution in [0.25, 0.3) is 0 Å². The fourth-order valence-corrected chi connectivity index (χ4v) is 4.38. The predicted octanol–water partition coefficient (Wildman–Crippen LogP) is 3.31. The van der Waals surface area contributed by atoms with E-state index in [1.165, 1.54) is 16.8 Å². The summed E-state index contributed by atoms with van der Waals surface area (Å²) in [6.45, 7) is 7.21. The molecule has 2 fully saturated rings. The van der Waals surface area contributed by atoms with Crippen LogP contribution in [0.1, 0.15) is 48.5 Å². The molecule has 1 aromatic heterocycles. The molecule has 1 amide bonds. The van der Waals surface area contributed by atoms with Crippen molar-refractivity contribution in [1.82, 2.24) is 14.7 Å². The van der Waals surface area contributed by atoms with Gasteiger partial charge in [-0.3, -0.25) is 9.48 Å². The summed E-state index contributed by atoms with van der Waals surface area (Å²) in [7, 11) is 0. The van der Waals surface area contributed by atoms with E-state index < -0.39 is 0 Å². The monoisotopic (exact) mass is 353 g/mol. The highest BCUT2D eigenvalue weighted by Gasteiger charge is 2.37. The first-order chi connectivity index (χ1) is 12.6. The van der Waals surface area contributed by atoms with Crippen LogP contribution in [0.5, 0.6) is 0 Å². The molecule has 0 aliphatic carbocycles. The lowest BCUT2D eigenvalue weighted by atomic mass is 9.82. The number of amides is 1. The van der Waals surface area contributed by atoms with Gasteiger partial charge in [0.15, 0.2) is 0 Å². The number of piperidine rings is 1. The summed E-state index contributed by atoms with van der Waals surface area (Å²) in [6.07, 6.45) is 3.93. The molecule has 2 aromatic rings. The van der Waals surface area contributed by atoms with E-state index >= 15 is 0 Å². The second-order valence-electron chi connectivity index (χ2n) is 7.60. The molecule has 2 aliphatic heterocycles. The second-order valence-corrected chi connectivity index (χ2v) is 7.60. The molecule has 3 atom stereocenters. The zero-order chi connectivity index (χ0) is 18.1. The van der Waals surface area contributed by atoms with E-state index in [-0.39, 0.29) is 17.7 Å². The van der Waals surface area contributed by atoms with Crippen molar-refractivity contribution in [3.63, 3.8) is 0 Å². The minimum Gasteiger partial charge on any atom is -0.379 e. The summed E-state index contributed by atoms with van der Waals surface area (Å²) in [5.74, 6) is 0.460. The molecule has 0 N–H and O–H groups in total. The number of benzene rings is 1. The first kappa shape index (κ1) is 17.3. The molecule has 1 aromatic carbocycles.